The average Bonchev–Trinajstić information content (AvgIpc) is 3.16. The van der Waals surface area contributed by atoms with Gasteiger partial charge in [0.2, 0.25) is 0 Å². The van der Waals surface area contributed by atoms with Crippen LogP contribution < -0.4 is 15.4 Å². The third-order valence-electron chi connectivity index (χ3n) is 4.00. The summed E-state index contributed by atoms with van der Waals surface area (Å²) < 4.78 is 11.1. The lowest BCUT2D eigenvalue weighted by atomic mass is 10.2. The third-order valence-corrected chi connectivity index (χ3v) is 4.00. The standard InChI is InChI=1S/C19H23N3O3/c1-2-24-17-8-4-3-7-16(17)22-19(23)14-9-10-18(20-12-14)21-13-15-6-5-11-25-15/h3-4,7-10,12,15H,2,5-6,11,13H2,1H3,(H,20,21)(H,22,23). The molecule has 1 amide bonds. The molecule has 1 aromatic heterocycles. The molecule has 25 heavy (non-hydrogen) atoms. The second kappa shape index (κ2) is 8.48. The Bertz CT molecular complexity index is 697. The zero-order valence-corrected chi connectivity index (χ0v) is 14.3. The van der Waals surface area contributed by atoms with Crippen molar-refractivity contribution in [2.24, 2.45) is 0 Å². The molecule has 2 heterocycles. The Balaban J connectivity index is 1.59. The SMILES string of the molecule is CCOc1ccccc1NC(=O)c1ccc(NCC2CCCO2)nc1. The maximum Gasteiger partial charge on any atom is 0.257 e. The van der Waals surface area contributed by atoms with Gasteiger partial charge >= 0.3 is 0 Å². The molecule has 1 atom stereocenters. The number of rotatable bonds is 7. The lowest BCUT2D eigenvalue weighted by Crippen LogP contribution is -2.19. The molecule has 0 bridgehead atoms. The highest BCUT2D eigenvalue weighted by Crippen LogP contribution is 2.24. The van der Waals surface area contributed by atoms with E-state index >= 15 is 0 Å². The van der Waals surface area contributed by atoms with Crippen molar-refractivity contribution in [2.45, 2.75) is 25.9 Å². The van der Waals surface area contributed by atoms with Crippen molar-refractivity contribution in [3.8, 4) is 5.75 Å². The fourth-order valence-corrected chi connectivity index (χ4v) is 2.70. The first-order chi connectivity index (χ1) is 12.3. The van der Waals surface area contributed by atoms with Crippen LogP contribution in [0.2, 0.25) is 0 Å². The van der Waals surface area contributed by atoms with E-state index in [-0.39, 0.29) is 12.0 Å². The van der Waals surface area contributed by atoms with Crippen LogP contribution in [-0.4, -0.2) is 36.8 Å². The molecule has 1 saturated heterocycles. The molecule has 1 aliphatic rings. The third kappa shape index (κ3) is 4.70. The molecular formula is C19H23N3O3. The van der Waals surface area contributed by atoms with E-state index in [4.69, 9.17) is 9.47 Å². The molecule has 6 heteroatoms. The fraction of sp³-hybridized carbons (Fsp3) is 0.368. The summed E-state index contributed by atoms with van der Waals surface area (Å²) in [6.45, 7) is 4.02. The van der Waals surface area contributed by atoms with Gasteiger partial charge in [-0.05, 0) is 44.0 Å². The van der Waals surface area contributed by atoms with Gasteiger partial charge in [-0.25, -0.2) is 4.98 Å². The molecule has 132 valence electrons. The van der Waals surface area contributed by atoms with Gasteiger partial charge in [-0.1, -0.05) is 12.1 Å². The highest BCUT2D eigenvalue weighted by molar-refractivity contribution is 6.04. The van der Waals surface area contributed by atoms with Crippen LogP contribution in [0.1, 0.15) is 30.1 Å². The number of anilines is 2. The number of nitrogens with one attached hydrogen (secondary N) is 2. The summed E-state index contributed by atoms with van der Waals surface area (Å²) in [7, 11) is 0. The maximum atomic E-state index is 12.4. The number of carbonyl (C=O) groups is 1. The Kier molecular flexibility index (Phi) is 5.85. The predicted octanol–water partition coefficient (Wildman–Crippen LogP) is 3.32. The molecule has 2 aromatic rings. The van der Waals surface area contributed by atoms with E-state index in [2.05, 4.69) is 15.6 Å². The van der Waals surface area contributed by atoms with E-state index in [0.717, 1.165) is 31.8 Å². The van der Waals surface area contributed by atoms with Crippen molar-refractivity contribution in [1.29, 1.82) is 0 Å². The van der Waals surface area contributed by atoms with Gasteiger partial charge in [0.05, 0.1) is 24.0 Å². The fourth-order valence-electron chi connectivity index (χ4n) is 2.70. The van der Waals surface area contributed by atoms with E-state index < -0.39 is 0 Å². The first kappa shape index (κ1) is 17.2. The molecule has 1 aromatic carbocycles. The topological polar surface area (TPSA) is 72.5 Å². The minimum atomic E-state index is -0.217. The largest absolute Gasteiger partial charge is 0.492 e. The van der Waals surface area contributed by atoms with Gasteiger partial charge in [-0.15, -0.1) is 0 Å². The summed E-state index contributed by atoms with van der Waals surface area (Å²) in [6.07, 6.45) is 4.01. The van der Waals surface area contributed by atoms with Crippen molar-refractivity contribution in [1.82, 2.24) is 4.98 Å². The number of pyridine rings is 1. The van der Waals surface area contributed by atoms with Crippen molar-refractivity contribution < 1.29 is 14.3 Å². The molecule has 6 nitrogen and oxygen atoms in total. The Morgan fingerprint density at radius 1 is 1.32 bits per heavy atom. The number of aromatic nitrogens is 1. The quantitative estimate of drug-likeness (QED) is 0.808. The number of para-hydroxylation sites is 2. The lowest BCUT2D eigenvalue weighted by molar-refractivity contribution is 0.102. The summed E-state index contributed by atoms with van der Waals surface area (Å²) in [5, 5.41) is 6.10. The predicted molar refractivity (Wildman–Crippen MR) is 97.3 cm³/mol. The minimum Gasteiger partial charge on any atom is -0.492 e. The molecule has 0 spiro atoms. The van der Waals surface area contributed by atoms with Gasteiger partial charge < -0.3 is 20.1 Å². The zero-order valence-electron chi connectivity index (χ0n) is 14.3. The van der Waals surface area contributed by atoms with Crippen LogP contribution >= 0.6 is 0 Å². The van der Waals surface area contributed by atoms with Crippen LogP contribution in [0.4, 0.5) is 11.5 Å². The highest BCUT2D eigenvalue weighted by Gasteiger charge is 2.15. The summed E-state index contributed by atoms with van der Waals surface area (Å²) in [4.78, 5) is 16.7. The van der Waals surface area contributed by atoms with Gasteiger partial charge in [0.25, 0.3) is 5.91 Å². The Labute approximate surface area is 147 Å². The van der Waals surface area contributed by atoms with Crippen molar-refractivity contribution in [3.05, 3.63) is 48.2 Å². The van der Waals surface area contributed by atoms with Crippen LogP contribution in [0.15, 0.2) is 42.6 Å². The van der Waals surface area contributed by atoms with E-state index in [1.54, 1.807) is 18.3 Å². The van der Waals surface area contributed by atoms with E-state index in [1.165, 1.54) is 0 Å². The molecule has 1 fully saturated rings. The number of carbonyl (C=O) groups excluding carboxylic acids is 1. The highest BCUT2D eigenvalue weighted by atomic mass is 16.5. The number of hydrogen-bond donors (Lipinski definition) is 2. The van der Waals surface area contributed by atoms with Gasteiger partial charge in [0, 0.05) is 19.3 Å². The smallest absolute Gasteiger partial charge is 0.257 e. The van der Waals surface area contributed by atoms with Crippen LogP contribution in [0.5, 0.6) is 5.75 Å². The Hall–Kier alpha value is -2.60. The molecule has 0 radical (unpaired) electrons. The molecule has 0 saturated carbocycles. The van der Waals surface area contributed by atoms with Crippen LogP contribution in [0, 0.1) is 0 Å². The van der Waals surface area contributed by atoms with Gasteiger partial charge in [0.1, 0.15) is 11.6 Å². The molecule has 0 aliphatic carbocycles. The number of benzene rings is 1. The number of nitrogens with zero attached hydrogens (tertiary/aromatic N) is 1. The van der Waals surface area contributed by atoms with Gasteiger partial charge in [-0.2, -0.15) is 0 Å². The summed E-state index contributed by atoms with van der Waals surface area (Å²) in [5.74, 6) is 1.17. The van der Waals surface area contributed by atoms with Crippen molar-refractivity contribution in [3.63, 3.8) is 0 Å². The Morgan fingerprint density at radius 3 is 2.92 bits per heavy atom. The van der Waals surface area contributed by atoms with Crippen molar-refractivity contribution in [2.75, 3.05) is 30.4 Å². The molecule has 1 aliphatic heterocycles. The van der Waals surface area contributed by atoms with Gasteiger partial charge in [0.15, 0.2) is 0 Å². The van der Waals surface area contributed by atoms with E-state index in [9.17, 15) is 4.79 Å². The zero-order chi connectivity index (χ0) is 17.5. The van der Waals surface area contributed by atoms with Crippen LogP contribution in [0.3, 0.4) is 0 Å². The molecular weight excluding hydrogens is 318 g/mol. The first-order valence-electron chi connectivity index (χ1n) is 8.61. The molecule has 1 unspecified atom stereocenters. The summed E-state index contributed by atoms with van der Waals surface area (Å²) in [6, 6.07) is 10.9. The lowest BCUT2D eigenvalue weighted by Gasteiger charge is -2.12. The maximum absolute atomic E-state index is 12.4. The summed E-state index contributed by atoms with van der Waals surface area (Å²) >= 11 is 0. The number of amides is 1. The minimum absolute atomic E-state index is 0.217. The van der Waals surface area contributed by atoms with Crippen molar-refractivity contribution >= 4 is 17.4 Å². The number of ether oxygens (including phenoxy) is 2. The van der Waals surface area contributed by atoms with E-state index in [1.807, 2.05) is 31.2 Å². The average molecular weight is 341 g/mol. The van der Waals surface area contributed by atoms with Crippen LogP contribution in [-0.2, 0) is 4.74 Å². The number of hydrogen-bond acceptors (Lipinski definition) is 5. The Morgan fingerprint density at radius 2 is 2.20 bits per heavy atom. The van der Waals surface area contributed by atoms with Crippen LogP contribution in [0.25, 0.3) is 0 Å². The molecule has 3 rings (SSSR count). The van der Waals surface area contributed by atoms with Gasteiger partial charge in [-0.3, -0.25) is 4.79 Å². The monoisotopic (exact) mass is 341 g/mol. The second-order valence-corrected chi connectivity index (χ2v) is 5.83. The van der Waals surface area contributed by atoms with E-state index in [0.29, 0.717) is 23.6 Å². The normalized spacial score (nSPS) is 16.4. The first-order valence-corrected chi connectivity index (χ1v) is 8.61. The summed E-state index contributed by atoms with van der Waals surface area (Å²) in [5.41, 5.74) is 1.14. The molecule has 2 N–H and O–H groups in total. The second-order valence-electron chi connectivity index (χ2n) is 5.83.